The molecule has 0 saturated heterocycles. The van der Waals surface area contributed by atoms with Crippen LogP contribution in [0.15, 0.2) is 78.5 Å². The quantitative estimate of drug-likeness (QED) is 0.640. The van der Waals surface area contributed by atoms with Gasteiger partial charge in [0.2, 0.25) is 0 Å². The molecule has 30 heavy (non-hydrogen) atoms. The maximum atomic E-state index is 13.8. The van der Waals surface area contributed by atoms with Gasteiger partial charge in [0.05, 0.1) is 18.4 Å². The number of hydrogen-bond acceptors (Lipinski definition) is 4. The zero-order valence-corrected chi connectivity index (χ0v) is 15.9. The minimum absolute atomic E-state index is 0.0472. The second-order valence-corrected chi connectivity index (χ2v) is 6.51. The van der Waals surface area contributed by atoms with E-state index in [0.717, 1.165) is 11.0 Å². The molecule has 0 fully saturated rings. The van der Waals surface area contributed by atoms with Crippen LogP contribution in [0.1, 0.15) is 5.56 Å². The van der Waals surface area contributed by atoms with Crippen LogP contribution in [0.5, 0.6) is 5.75 Å². The molecule has 3 aromatic rings. The van der Waals surface area contributed by atoms with Crippen molar-refractivity contribution in [2.45, 2.75) is 0 Å². The third kappa shape index (κ3) is 3.41. The van der Waals surface area contributed by atoms with Gasteiger partial charge in [-0.25, -0.2) is 13.7 Å². The van der Waals surface area contributed by atoms with Crippen LogP contribution in [0.2, 0.25) is 0 Å². The average Bonchev–Trinajstić information content (AvgIpc) is 2.97. The van der Waals surface area contributed by atoms with Crippen LogP contribution >= 0.6 is 0 Å². The Morgan fingerprint density at radius 3 is 2.23 bits per heavy atom. The number of anilines is 2. The van der Waals surface area contributed by atoms with Crippen LogP contribution < -0.4 is 15.0 Å². The van der Waals surface area contributed by atoms with Crippen LogP contribution in [-0.4, -0.2) is 18.9 Å². The molecule has 1 aliphatic rings. The fourth-order valence-corrected chi connectivity index (χ4v) is 3.31. The molecule has 0 saturated carbocycles. The molecule has 2 amide bonds. The Balaban J connectivity index is 1.87. The molecule has 3 aromatic carbocycles. The molecule has 0 unspecified atom stereocenters. The van der Waals surface area contributed by atoms with Crippen molar-refractivity contribution in [3.63, 3.8) is 0 Å². The SMILES string of the molecule is COc1ccccc1C1=C(Nc2cccc(F)c2)C(=O)N(c2cccc(F)c2)C1=O. The van der Waals surface area contributed by atoms with Gasteiger partial charge in [0.1, 0.15) is 23.1 Å². The van der Waals surface area contributed by atoms with Gasteiger partial charge in [-0.2, -0.15) is 0 Å². The van der Waals surface area contributed by atoms with Crippen molar-refractivity contribution >= 4 is 28.8 Å². The molecule has 1 aliphatic heterocycles. The number of nitrogens with zero attached hydrogens (tertiary/aromatic N) is 1. The predicted molar refractivity (Wildman–Crippen MR) is 109 cm³/mol. The minimum Gasteiger partial charge on any atom is -0.496 e. The summed E-state index contributed by atoms with van der Waals surface area (Å²) in [5, 5.41) is 2.85. The van der Waals surface area contributed by atoms with Crippen LogP contribution in [0, 0.1) is 11.6 Å². The number of para-hydroxylation sites is 1. The summed E-state index contributed by atoms with van der Waals surface area (Å²) in [5.74, 6) is -2.03. The summed E-state index contributed by atoms with van der Waals surface area (Å²) in [6.45, 7) is 0. The largest absolute Gasteiger partial charge is 0.496 e. The Morgan fingerprint density at radius 2 is 1.53 bits per heavy atom. The van der Waals surface area contributed by atoms with Gasteiger partial charge in [0, 0.05) is 11.3 Å². The van der Waals surface area contributed by atoms with E-state index in [0.29, 0.717) is 17.0 Å². The molecule has 4 rings (SSSR count). The van der Waals surface area contributed by atoms with E-state index >= 15 is 0 Å². The molecule has 0 atom stereocenters. The van der Waals surface area contributed by atoms with E-state index < -0.39 is 23.4 Å². The van der Waals surface area contributed by atoms with Crippen molar-refractivity contribution in [3.05, 3.63) is 95.7 Å². The van der Waals surface area contributed by atoms with E-state index in [1.807, 2.05) is 0 Å². The highest BCUT2D eigenvalue weighted by Crippen LogP contribution is 2.37. The number of halogens is 2. The molecule has 5 nitrogen and oxygen atoms in total. The van der Waals surface area contributed by atoms with Gasteiger partial charge in [-0.15, -0.1) is 0 Å². The van der Waals surface area contributed by atoms with Crippen LogP contribution in [0.3, 0.4) is 0 Å². The van der Waals surface area contributed by atoms with E-state index in [1.54, 1.807) is 30.3 Å². The van der Waals surface area contributed by atoms with Crippen molar-refractivity contribution in [2.24, 2.45) is 0 Å². The smallest absolute Gasteiger partial charge is 0.282 e. The second kappa shape index (κ2) is 7.79. The number of carbonyl (C=O) groups is 2. The first kappa shape index (κ1) is 19.3. The highest BCUT2D eigenvalue weighted by molar-refractivity contribution is 6.46. The number of hydrogen-bond donors (Lipinski definition) is 1. The van der Waals surface area contributed by atoms with Crippen LogP contribution in [0.25, 0.3) is 5.57 Å². The summed E-state index contributed by atoms with van der Waals surface area (Å²) < 4.78 is 32.8. The molecular formula is C23H16F2N2O3. The van der Waals surface area contributed by atoms with Gasteiger partial charge in [0.25, 0.3) is 11.8 Å². The van der Waals surface area contributed by atoms with E-state index in [9.17, 15) is 18.4 Å². The summed E-state index contributed by atoms with van der Waals surface area (Å²) >= 11 is 0. The third-order valence-electron chi connectivity index (χ3n) is 4.62. The van der Waals surface area contributed by atoms with Crippen molar-refractivity contribution < 1.29 is 23.1 Å². The summed E-state index contributed by atoms with van der Waals surface area (Å²) in [6.07, 6.45) is 0. The topological polar surface area (TPSA) is 58.6 Å². The molecule has 1 N–H and O–H groups in total. The molecule has 7 heteroatoms. The maximum Gasteiger partial charge on any atom is 0.282 e. The number of ether oxygens (including phenoxy) is 1. The number of imide groups is 1. The Kier molecular flexibility index (Phi) is 5.02. The van der Waals surface area contributed by atoms with Crippen LogP contribution in [0.4, 0.5) is 20.2 Å². The van der Waals surface area contributed by atoms with Crippen molar-refractivity contribution in [3.8, 4) is 5.75 Å². The molecule has 0 spiro atoms. The maximum absolute atomic E-state index is 13.8. The molecule has 150 valence electrons. The zero-order chi connectivity index (χ0) is 21.3. The van der Waals surface area contributed by atoms with Gasteiger partial charge in [0.15, 0.2) is 0 Å². The molecule has 0 aliphatic carbocycles. The first-order valence-electron chi connectivity index (χ1n) is 9.04. The summed E-state index contributed by atoms with van der Waals surface area (Å²) in [6, 6.07) is 17.4. The van der Waals surface area contributed by atoms with Gasteiger partial charge >= 0.3 is 0 Å². The van der Waals surface area contributed by atoms with E-state index in [4.69, 9.17) is 4.74 Å². The van der Waals surface area contributed by atoms with Gasteiger partial charge in [-0.1, -0.05) is 30.3 Å². The van der Waals surface area contributed by atoms with E-state index in [2.05, 4.69) is 5.32 Å². The normalized spacial score (nSPS) is 13.8. The summed E-state index contributed by atoms with van der Waals surface area (Å²) in [5.41, 5.74) is 0.759. The summed E-state index contributed by atoms with van der Waals surface area (Å²) in [4.78, 5) is 27.4. The highest BCUT2D eigenvalue weighted by Gasteiger charge is 2.41. The lowest BCUT2D eigenvalue weighted by molar-refractivity contribution is -0.120. The first-order chi connectivity index (χ1) is 14.5. The van der Waals surface area contributed by atoms with Gasteiger partial charge < -0.3 is 10.1 Å². The van der Waals surface area contributed by atoms with Gasteiger partial charge in [-0.3, -0.25) is 9.59 Å². The zero-order valence-electron chi connectivity index (χ0n) is 15.9. The number of rotatable bonds is 5. The molecular weight excluding hydrogens is 390 g/mol. The Labute approximate surface area is 171 Å². The van der Waals surface area contributed by atoms with Crippen molar-refractivity contribution in [2.75, 3.05) is 17.3 Å². The molecule has 0 aromatic heterocycles. The lowest BCUT2D eigenvalue weighted by Crippen LogP contribution is -2.32. The Morgan fingerprint density at radius 1 is 0.833 bits per heavy atom. The fraction of sp³-hybridized carbons (Fsp3) is 0.0435. The monoisotopic (exact) mass is 406 g/mol. The third-order valence-corrected chi connectivity index (χ3v) is 4.62. The average molecular weight is 406 g/mol. The van der Waals surface area contributed by atoms with Crippen LogP contribution in [-0.2, 0) is 9.59 Å². The van der Waals surface area contributed by atoms with E-state index in [1.165, 1.54) is 43.5 Å². The highest BCUT2D eigenvalue weighted by atomic mass is 19.1. The first-order valence-corrected chi connectivity index (χ1v) is 9.04. The number of carbonyl (C=O) groups excluding carboxylic acids is 2. The number of benzene rings is 3. The molecule has 1 heterocycles. The number of nitrogens with one attached hydrogen (secondary N) is 1. The van der Waals surface area contributed by atoms with Crippen molar-refractivity contribution in [1.82, 2.24) is 0 Å². The van der Waals surface area contributed by atoms with E-state index in [-0.39, 0.29) is 17.0 Å². The van der Waals surface area contributed by atoms with Crippen molar-refractivity contribution in [1.29, 1.82) is 0 Å². The van der Waals surface area contributed by atoms with Gasteiger partial charge in [-0.05, 0) is 42.5 Å². The molecule has 0 bridgehead atoms. The fourth-order valence-electron chi connectivity index (χ4n) is 3.31. The minimum atomic E-state index is -0.684. The second-order valence-electron chi connectivity index (χ2n) is 6.51. The Bertz CT molecular complexity index is 1190. The number of amides is 2. The summed E-state index contributed by atoms with van der Waals surface area (Å²) in [7, 11) is 1.45. The number of methoxy groups -OCH3 is 1. The predicted octanol–water partition coefficient (Wildman–Crippen LogP) is 4.37. The standard InChI is InChI=1S/C23H16F2N2O3/c1-30-19-11-3-2-10-18(19)20-21(26-16-8-4-6-14(24)12-16)23(29)27(22(20)28)17-9-5-7-15(25)13-17/h2-13,26H,1H3. The molecule has 0 radical (unpaired) electrons. The lowest BCUT2D eigenvalue weighted by Gasteiger charge is -2.15. The Hall–Kier alpha value is -4.00. The lowest BCUT2D eigenvalue weighted by atomic mass is 10.0.